The van der Waals surface area contributed by atoms with Gasteiger partial charge in [-0.25, -0.2) is 8.42 Å². The number of hydrogen-bond donors (Lipinski definition) is 1. The van der Waals surface area contributed by atoms with E-state index in [1.807, 2.05) is 38.1 Å². The van der Waals surface area contributed by atoms with Crippen molar-refractivity contribution in [3.8, 4) is 0 Å². The molecule has 2 amide bonds. The highest BCUT2D eigenvalue weighted by Crippen LogP contribution is 2.19. The first-order valence-corrected chi connectivity index (χ1v) is 12.0. The molecule has 0 saturated carbocycles. The van der Waals surface area contributed by atoms with Crippen molar-refractivity contribution in [2.24, 2.45) is 0 Å². The van der Waals surface area contributed by atoms with Gasteiger partial charge in [-0.1, -0.05) is 36.8 Å². The van der Waals surface area contributed by atoms with Crippen molar-refractivity contribution in [2.75, 3.05) is 31.5 Å². The van der Waals surface area contributed by atoms with Gasteiger partial charge in [0.15, 0.2) is 0 Å². The molecule has 1 aliphatic heterocycles. The molecule has 0 spiro atoms. The molecular formula is C23H29N3O4S. The Bertz CT molecular complexity index is 1030. The van der Waals surface area contributed by atoms with Crippen LogP contribution in [-0.4, -0.2) is 55.6 Å². The number of sulfonamides is 1. The maximum atomic E-state index is 12.8. The summed E-state index contributed by atoms with van der Waals surface area (Å²) in [5.74, 6) is -0.341. The summed E-state index contributed by atoms with van der Waals surface area (Å²) in [6.07, 6.45) is 1.08. The fourth-order valence-corrected chi connectivity index (χ4v) is 4.93. The third kappa shape index (κ3) is 5.92. The molecule has 31 heavy (non-hydrogen) atoms. The van der Waals surface area contributed by atoms with Gasteiger partial charge in [0, 0.05) is 44.7 Å². The van der Waals surface area contributed by atoms with Crippen LogP contribution in [0.3, 0.4) is 0 Å². The minimum Gasteiger partial charge on any atom is -0.340 e. The summed E-state index contributed by atoms with van der Waals surface area (Å²) in [5, 5.41) is 2.83. The fourth-order valence-electron chi connectivity index (χ4n) is 3.51. The van der Waals surface area contributed by atoms with Gasteiger partial charge in [-0.3, -0.25) is 9.59 Å². The minimum absolute atomic E-state index is 0.0943. The molecule has 0 aromatic heterocycles. The van der Waals surface area contributed by atoms with Crippen LogP contribution in [0.5, 0.6) is 0 Å². The van der Waals surface area contributed by atoms with Gasteiger partial charge in [0.2, 0.25) is 21.8 Å². The number of amides is 2. The second-order valence-corrected chi connectivity index (χ2v) is 9.64. The molecule has 0 bridgehead atoms. The average molecular weight is 444 g/mol. The third-order valence-corrected chi connectivity index (χ3v) is 7.35. The Morgan fingerprint density at radius 1 is 0.968 bits per heavy atom. The second-order valence-electron chi connectivity index (χ2n) is 7.70. The summed E-state index contributed by atoms with van der Waals surface area (Å²) in [7, 11) is -3.56. The molecule has 1 N–H and O–H groups in total. The number of piperazine rings is 1. The first kappa shape index (κ1) is 23.0. The van der Waals surface area contributed by atoms with E-state index in [2.05, 4.69) is 5.32 Å². The van der Waals surface area contributed by atoms with Crippen LogP contribution in [-0.2, 0) is 26.0 Å². The zero-order valence-electron chi connectivity index (χ0n) is 18.0. The van der Waals surface area contributed by atoms with E-state index >= 15 is 0 Å². The van der Waals surface area contributed by atoms with E-state index in [-0.39, 0.29) is 42.6 Å². The Morgan fingerprint density at radius 3 is 2.29 bits per heavy atom. The number of nitrogens with zero attached hydrogens (tertiary/aromatic N) is 2. The molecule has 1 fully saturated rings. The minimum atomic E-state index is -3.56. The summed E-state index contributed by atoms with van der Waals surface area (Å²) < 4.78 is 27.0. The van der Waals surface area contributed by atoms with Gasteiger partial charge in [0.1, 0.15) is 0 Å². The van der Waals surface area contributed by atoms with E-state index in [4.69, 9.17) is 0 Å². The smallest absolute Gasteiger partial charge is 0.243 e. The summed E-state index contributed by atoms with van der Waals surface area (Å²) in [5.41, 5.74) is 2.86. The number of carbonyl (C=O) groups excluding carboxylic acids is 2. The van der Waals surface area contributed by atoms with E-state index in [0.29, 0.717) is 13.1 Å². The van der Waals surface area contributed by atoms with E-state index in [0.717, 1.165) is 23.2 Å². The topological polar surface area (TPSA) is 86.8 Å². The molecule has 0 atom stereocenters. The molecule has 8 heteroatoms. The number of hydrogen-bond acceptors (Lipinski definition) is 4. The van der Waals surface area contributed by atoms with Gasteiger partial charge in [0.05, 0.1) is 4.90 Å². The van der Waals surface area contributed by atoms with Gasteiger partial charge in [-0.15, -0.1) is 0 Å². The van der Waals surface area contributed by atoms with Crippen LogP contribution < -0.4 is 5.32 Å². The molecule has 0 unspecified atom stereocenters. The fraction of sp³-hybridized carbons (Fsp3) is 0.391. The van der Waals surface area contributed by atoms with Crippen molar-refractivity contribution < 1.29 is 18.0 Å². The largest absolute Gasteiger partial charge is 0.340 e. The number of carbonyl (C=O) groups is 2. The summed E-state index contributed by atoms with van der Waals surface area (Å²) in [6, 6.07) is 14.4. The Hall–Kier alpha value is -2.71. The number of nitrogens with one attached hydrogen (secondary N) is 1. The van der Waals surface area contributed by atoms with Crippen LogP contribution in [0.2, 0.25) is 0 Å². The third-order valence-electron chi connectivity index (χ3n) is 5.44. The highest BCUT2D eigenvalue weighted by molar-refractivity contribution is 7.89. The number of anilines is 1. The van der Waals surface area contributed by atoms with Crippen molar-refractivity contribution in [1.29, 1.82) is 0 Å². The predicted molar refractivity (Wildman–Crippen MR) is 120 cm³/mol. The van der Waals surface area contributed by atoms with Crippen molar-refractivity contribution in [1.82, 2.24) is 9.21 Å². The lowest BCUT2D eigenvalue weighted by Crippen LogP contribution is -2.50. The highest BCUT2D eigenvalue weighted by Gasteiger charge is 2.30. The van der Waals surface area contributed by atoms with Crippen molar-refractivity contribution in [3.63, 3.8) is 0 Å². The van der Waals surface area contributed by atoms with Crippen LogP contribution in [0.15, 0.2) is 53.4 Å². The molecule has 7 nitrogen and oxygen atoms in total. The molecule has 166 valence electrons. The Balaban J connectivity index is 1.47. The van der Waals surface area contributed by atoms with Gasteiger partial charge in [-0.2, -0.15) is 4.31 Å². The molecule has 1 saturated heterocycles. The molecule has 0 aliphatic carbocycles. The van der Waals surface area contributed by atoms with E-state index < -0.39 is 10.0 Å². The zero-order chi connectivity index (χ0) is 22.4. The molecule has 1 aliphatic rings. The normalized spacial score (nSPS) is 15.0. The van der Waals surface area contributed by atoms with Gasteiger partial charge in [0.25, 0.3) is 0 Å². The zero-order valence-corrected chi connectivity index (χ0v) is 18.8. The van der Waals surface area contributed by atoms with Gasteiger partial charge >= 0.3 is 0 Å². The lowest BCUT2D eigenvalue weighted by molar-refractivity contribution is -0.133. The second kappa shape index (κ2) is 10.1. The van der Waals surface area contributed by atoms with Crippen LogP contribution >= 0.6 is 0 Å². The quantitative estimate of drug-likeness (QED) is 0.713. The van der Waals surface area contributed by atoms with E-state index in [9.17, 15) is 18.0 Å². The standard InChI is InChI=1S/C23H29N3O4S/c1-3-19-5-4-6-20(17-19)24-22(27)11-12-23(28)25-13-15-26(16-14-25)31(29,30)21-9-7-18(2)8-10-21/h4-10,17H,3,11-16H2,1-2H3,(H,24,27). The molecule has 2 aromatic carbocycles. The van der Waals surface area contributed by atoms with E-state index in [1.165, 1.54) is 4.31 Å². The molecule has 1 heterocycles. The lowest BCUT2D eigenvalue weighted by atomic mass is 10.1. The Labute approximate surface area is 184 Å². The Morgan fingerprint density at radius 2 is 1.65 bits per heavy atom. The number of benzene rings is 2. The average Bonchev–Trinajstić information content (AvgIpc) is 2.78. The van der Waals surface area contributed by atoms with Crippen LogP contribution in [0.25, 0.3) is 0 Å². The molecular weight excluding hydrogens is 414 g/mol. The van der Waals surface area contributed by atoms with Crippen molar-refractivity contribution >= 4 is 27.5 Å². The molecule has 2 aromatic rings. The van der Waals surface area contributed by atoms with Crippen molar-refractivity contribution in [2.45, 2.75) is 38.0 Å². The highest BCUT2D eigenvalue weighted by atomic mass is 32.2. The maximum absolute atomic E-state index is 12.8. The molecule has 0 radical (unpaired) electrons. The van der Waals surface area contributed by atoms with Gasteiger partial charge < -0.3 is 10.2 Å². The van der Waals surface area contributed by atoms with Crippen LogP contribution in [0.1, 0.15) is 30.9 Å². The molecule has 3 rings (SSSR count). The monoisotopic (exact) mass is 443 g/mol. The predicted octanol–water partition coefficient (Wildman–Crippen LogP) is 2.81. The maximum Gasteiger partial charge on any atom is 0.243 e. The summed E-state index contributed by atoms with van der Waals surface area (Å²) in [4.78, 5) is 26.6. The summed E-state index contributed by atoms with van der Waals surface area (Å²) >= 11 is 0. The van der Waals surface area contributed by atoms with E-state index in [1.54, 1.807) is 29.2 Å². The number of aryl methyl sites for hydroxylation is 2. The van der Waals surface area contributed by atoms with Crippen LogP contribution in [0.4, 0.5) is 5.69 Å². The van der Waals surface area contributed by atoms with Crippen LogP contribution in [0, 0.1) is 6.92 Å². The SMILES string of the molecule is CCc1cccc(NC(=O)CCC(=O)N2CCN(S(=O)(=O)c3ccc(C)cc3)CC2)c1. The first-order valence-electron chi connectivity index (χ1n) is 10.5. The van der Waals surface area contributed by atoms with Crippen molar-refractivity contribution in [3.05, 3.63) is 59.7 Å². The van der Waals surface area contributed by atoms with Gasteiger partial charge in [-0.05, 0) is 43.2 Å². The first-order chi connectivity index (χ1) is 14.8. The summed E-state index contributed by atoms with van der Waals surface area (Å²) in [6.45, 7) is 5.10. The Kier molecular flexibility index (Phi) is 7.46. The lowest BCUT2D eigenvalue weighted by Gasteiger charge is -2.34. The number of rotatable bonds is 7.